The Morgan fingerprint density at radius 2 is 2.16 bits per heavy atom. The summed E-state index contributed by atoms with van der Waals surface area (Å²) in [6.45, 7) is 6.37. The van der Waals surface area contributed by atoms with Crippen molar-refractivity contribution in [1.29, 1.82) is 0 Å². The first-order valence-corrected chi connectivity index (χ1v) is 6.48. The van der Waals surface area contributed by atoms with Gasteiger partial charge >= 0.3 is 0 Å². The van der Waals surface area contributed by atoms with Gasteiger partial charge in [-0.2, -0.15) is 5.10 Å². The van der Waals surface area contributed by atoms with E-state index in [1.54, 1.807) is 10.9 Å². The number of aromatic nitrogens is 2. The normalized spacial score (nSPS) is 12.8. The van der Waals surface area contributed by atoms with Crippen molar-refractivity contribution in [3.8, 4) is 0 Å². The van der Waals surface area contributed by atoms with Gasteiger partial charge in [-0.1, -0.05) is 13.8 Å². The van der Waals surface area contributed by atoms with Gasteiger partial charge in [0.25, 0.3) is 0 Å². The SMILES string of the molecule is CC(C)C(C)NC(=O)Cn1ncc2ccc(N)cc21. The molecule has 1 amide bonds. The highest BCUT2D eigenvalue weighted by Gasteiger charge is 2.12. The van der Waals surface area contributed by atoms with Gasteiger partial charge in [-0.05, 0) is 31.0 Å². The van der Waals surface area contributed by atoms with Crippen molar-refractivity contribution in [2.45, 2.75) is 33.4 Å². The summed E-state index contributed by atoms with van der Waals surface area (Å²) in [6, 6.07) is 5.72. The monoisotopic (exact) mass is 260 g/mol. The molecule has 0 aliphatic carbocycles. The van der Waals surface area contributed by atoms with Crippen LogP contribution >= 0.6 is 0 Å². The lowest BCUT2D eigenvalue weighted by Gasteiger charge is -2.17. The fourth-order valence-corrected chi connectivity index (χ4v) is 1.82. The third-order valence-corrected chi connectivity index (χ3v) is 3.35. The van der Waals surface area contributed by atoms with Crippen LogP contribution < -0.4 is 11.1 Å². The van der Waals surface area contributed by atoms with Gasteiger partial charge in [-0.15, -0.1) is 0 Å². The van der Waals surface area contributed by atoms with Crippen LogP contribution in [0.1, 0.15) is 20.8 Å². The Kier molecular flexibility index (Phi) is 3.74. The Balaban J connectivity index is 2.13. The second kappa shape index (κ2) is 5.30. The van der Waals surface area contributed by atoms with Crippen molar-refractivity contribution >= 4 is 22.5 Å². The summed E-state index contributed by atoms with van der Waals surface area (Å²) in [6.07, 6.45) is 1.74. The van der Waals surface area contributed by atoms with Crippen molar-refractivity contribution in [3.05, 3.63) is 24.4 Å². The molecule has 102 valence electrons. The van der Waals surface area contributed by atoms with Gasteiger partial charge in [0.05, 0.1) is 11.7 Å². The lowest BCUT2D eigenvalue weighted by Crippen LogP contribution is -2.38. The lowest BCUT2D eigenvalue weighted by atomic mass is 10.1. The zero-order valence-electron chi connectivity index (χ0n) is 11.6. The van der Waals surface area contributed by atoms with Crippen LogP contribution in [-0.2, 0) is 11.3 Å². The average Bonchev–Trinajstić information content (AvgIpc) is 2.71. The molecule has 5 nitrogen and oxygen atoms in total. The molecule has 0 radical (unpaired) electrons. The topological polar surface area (TPSA) is 72.9 Å². The second-order valence-corrected chi connectivity index (χ2v) is 5.22. The Bertz CT molecular complexity index is 588. The zero-order chi connectivity index (χ0) is 14.0. The molecule has 0 fully saturated rings. The minimum atomic E-state index is -0.0337. The van der Waals surface area contributed by atoms with Crippen LogP contribution in [-0.4, -0.2) is 21.7 Å². The van der Waals surface area contributed by atoms with Crippen molar-refractivity contribution in [2.75, 3.05) is 5.73 Å². The molecule has 1 aromatic carbocycles. The van der Waals surface area contributed by atoms with E-state index in [0.29, 0.717) is 11.6 Å². The van der Waals surface area contributed by atoms with E-state index in [1.165, 1.54) is 0 Å². The summed E-state index contributed by atoms with van der Waals surface area (Å²) in [5.41, 5.74) is 7.31. The Labute approximate surface area is 112 Å². The van der Waals surface area contributed by atoms with E-state index in [1.807, 2.05) is 25.1 Å². The van der Waals surface area contributed by atoms with Gasteiger partial charge in [0.2, 0.25) is 5.91 Å². The lowest BCUT2D eigenvalue weighted by molar-refractivity contribution is -0.122. The number of rotatable bonds is 4. The highest BCUT2D eigenvalue weighted by molar-refractivity contribution is 5.84. The van der Waals surface area contributed by atoms with Crippen LogP contribution in [0.3, 0.4) is 0 Å². The van der Waals surface area contributed by atoms with E-state index in [0.717, 1.165) is 10.9 Å². The van der Waals surface area contributed by atoms with Crippen LogP contribution in [0.5, 0.6) is 0 Å². The highest BCUT2D eigenvalue weighted by Crippen LogP contribution is 2.16. The second-order valence-electron chi connectivity index (χ2n) is 5.22. The minimum Gasteiger partial charge on any atom is -0.399 e. The number of nitrogens with one attached hydrogen (secondary N) is 1. The van der Waals surface area contributed by atoms with Crippen LogP contribution in [0.15, 0.2) is 24.4 Å². The maximum Gasteiger partial charge on any atom is 0.241 e. The molecule has 0 saturated heterocycles. The maximum absolute atomic E-state index is 12.0. The Morgan fingerprint density at radius 3 is 2.84 bits per heavy atom. The number of nitrogens with zero attached hydrogens (tertiary/aromatic N) is 2. The van der Waals surface area contributed by atoms with E-state index in [9.17, 15) is 4.79 Å². The number of nitrogens with two attached hydrogens (primary N) is 1. The van der Waals surface area contributed by atoms with Crippen molar-refractivity contribution in [3.63, 3.8) is 0 Å². The minimum absolute atomic E-state index is 0.0337. The van der Waals surface area contributed by atoms with Gasteiger partial charge in [0, 0.05) is 17.1 Å². The zero-order valence-corrected chi connectivity index (χ0v) is 11.6. The van der Waals surface area contributed by atoms with E-state index in [-0.39, 0.29) is 18.5 Å². The summed E-state index contributed by atoms with van der Waals surface area (Å²) < 4.78 is 1.67. The number of carbonyl (C=O) groups is 1. The number of nitrogen functional groups attached to an aromatic ring is 1. The van der Waals surface area contributed by atoms with Crippen LogP contribution in [0.4, 0.5) is 5.69 Å². The molecular formula is C14H20N4O. The fraction of sp³-hybridized carbons (Fsp3) is 0.429. The fourth-order valence-electron chi connectivity index (χ4n) is 1.82. The quantitative estimate of drug-likeness (QED) is 0.823. The molecule has 0 saturated carbocycles. The molecule has 5 heteroatoms. The van der Waals surface area contributed by atoms with Gasteiger partial charge in [-0.25, -0.2) is 0 Å². The van der Waals surface area contributed by atoms with E-state index < -0.39 is 0 Å². The van der Waals surface area contributed by atoms with Crippen molar-refractivity contribution in [2.24, 2.45) is 5.92 Å². The first-order chi connectivity index (χ1) is 8.97. The highest BCUT2D eigenvalue weighted by atomic mass is 16.2. The summed E-state index contributed by atoms with van der Waals surface area (Å²) in [7, 11) is 0. The molecule has 0 bridgehead atoms. The first-order valence-electron chi connectivity index (χ1n) is 6.48. The molecule has 1 heterocycles. The number of hydrogen-bond acceptors (Lipinski definition) is 3. The van der Waals surface area contributed by atoms with Gasteiger partial charge in [0.15, 0.2) is 0 Å². The molecule has 0 aliphatic heterocycles. The number of carbonyl (C=O) groups excluding carboxylic acids is 1. The molecule has 2 aromatic rings. The summed E-state index contributed by atoms with van der Waals surface area (Å²) in [5.74, 6) is 0.377. The average molecular weight is 260 g/mol. The predicted molar refractivity (Wildman–Crippen MR) is 76.6 cm³/mol. The maximum atomic E-state index is 12.0. The molecule has 3 N–H and O–H groups in total. The third kappa shape index (κ3) is 3.05. The molecule has 2 rings (SSSR count). The number of fused-ring (bicyclic) bond motifs is 1. The number of anilines is 1. The van der Waals surface area contributed by atoms with Crippen molar-refractivity contribution < 1.29 is 4.79 Å². The standard InChI is InChI=1S/C14H20N4O/c1-9(2)10(3)17-14(19)8-18-13-6-12(15)5-4-11(13)7-16-18/h4-7,9-10H,8,15H2,1-3H3,(H,17,19). The molecule has 0 spiro atoms. The van der Waals surface area contributed by atoms with Gasteiger partial charge < -0.3 is 11.1 Å². The number of amides is 1. The van der Waals surface area contributed by atoms with E-state index in [4.69, 9.17) is 5.73 Å². The van der Waals surface area contributed by atoms with E-state index in [2.05, 4.69) is 24.3 Å². The smallest absolute Gasteiger partial charge is 0.241 e. The molecule has 0 aliphatic rings. The largest absolute Gasteiger partial charge is 0.399 e. The Hall–Kier alpha value is -2.04. The van der Waals surface area contributed by atoms with Gasteiger partial charge in [0.1, 0.15) is 6.54 Å². The summed E-state index contributed by atoms with van der Waals surface area (Å²) in [4.78, 5) is 12.0. The van der Waals surface area contributed by atoms with Gasteiger partial charge in [-0.3, -0.25) is 9.48 Å². The number of hydrogen-bond donors (Lipinski definition) is 2. The number of benzene rings is 1. The molecular weight excluding hydrogens is 240 g/mol. The third-order valence-electron chi connectivity index (χ3n) is 3.35. The molecule has 1 aromatic heterocycles. The van der Waals surface area contributed by atoms with Crippen LogP contribution in [0, 0.1) is 5.92 Å². The molecule has 1 atom stereocenters. The molecule has 19 heavy (non-hydrogen) atoms. The van der Waals surface area contributed by atoms with E-state index >= 15 is 0 Å². The van der Waals surface area contributed by atoms with Crippen LogP contribution in [0.25, 0.3) is 10.9 Å². The summed E-state index contributed by atoms with van der Waals surface area (Å²) >= 11 is 0. The van der Waals surface area contributed by atoms with Crippen LogP contribution in [0.2, 0.25) is 0 Å². The Morgan fingerprint density at radius 1 is 1.42 bits per heavy atom. The molecule has 1 unspecified atom stereocenters. The summed E-state index contributed by atoms with van der Waals surface area (Å²) in [5, 5.41) is 8.18. The first kappa shape index (κ1) is 13.4. The van der Waals surface area contributed by atoms with Crippen molar-refractivity contribution in [1.82, 2.24) is 15.1 Å². The predicted octanol–water partition coefficient (Wildman–Crippen LogP) is 1.78.